The first-order valence-corrected chi connectivity index (χ1v) is 8.26. The van der Waals surface area contributed by atoms with Gasteiger partial charge in [0, 0.05) is 17.1 Å². The van der Waals surface area contributed by atoms with Crippen molar-refractivity contribution in [1.82, 2.24) is 10.0 Å². The van der Waals surface area contributed by atoms with Gasteiger partial charge in [-0.25, -0.2) is 13.1 Å². The van der Waals surface area contributed by atoms with E-state index in [1.165, 1.54) is 0 Å². The van der Waals surface area contributed by atoms with Gasteiger partial charge in [0.05, 0.1) is 4.90 Å². The third-order valence-electron chi connectivity index (χ3n) is 3.06. The van der Waals surface area contributed by atoms with E-state index in [0.29, 0.717) is 11.4 Å². The smallest absolute Gasteiger partial charge is 0.240 e. The second kappa shape index (κ2) is 7.04. The summed E-state index contributed by atoms with van der Waals surface area (Å²) in [6.07, 6.45) is 1.90. The Hall–Kier alpha value is -0.140. The summed E-state index contributed by atoms with van der Waals surface area (Å²) < 4.78 is 28.1. The lowest BCUT2D eigenvalue weighted by Crippen LogP contribution is -2.45. The predicted molar refractivity (Wildman–Crippen MR) is 82.3 cm³/mol. The molecule has 1 aromatic carbocycles. The van der Waals surface area contributed by atoms with Crippen LogP contribution in [0.5, 0.6) is 0 Å². The van der Waals surface area contributed by atoms with Crippen LogP contribution in [0.1, 0.15) is 18.4 Å². The molecule has 1 aliphatic rings. The summed E-state index contributed by atoms with van der Waals surface area (Å²) in [7, 11) is -3.41. The molecule has 1 heterocycles. The van der Waals surface area contributed by atoms with Gasteiger partial charge in [0.1, 0.15) is 0 Å². The highest BCUT2D eigenvalue weighted by Gasteiger charge is 2.21. The number of piperidine rings is 1. The molecule has 1 aromatic rings. The first-order valence-electron chi connectivity index (χ1n) is 5.98. The summed E-state index contributed by atoms with van der Waals surface area (Å²) in [4.78, 5) is 0.328. The Labute approximate surface area is 128 Å². The number of nitrogens with one attached hydrogen (secondary N) is 2. The van der Waals surface area contributed by atoms with Crippen molar-refractivity contribution < 1.29 is 8.42 Å². The van der Waals surface area contributed by atoms with Gasteiger partial charge in [-0.05, 0) is 50.1 Å². The molecule has 0 amide bonds. The van der Waals surface area contributed by atoms with Gasteiger partial charge in [-0.3, -0.25) is 0 Å². The van der Waals surface area contributed by atoms with Crippen LogP contribution in [0.2, 0.25) is 0 Å². The Bertz CT molecular complexity index is 531. The van der Waals surface area contributed by atoms with Gasteiger partial charge in [-0.2, -0.15) is 0 Å². The maximum Gasteiger partial charge on any atom is 0.240 e. The lowest BCUT2D eigenvalue weighted by molar-refractivity contribution is 0.428. The van der Waals surface area contributed by atoms with Gasteiger partial charge in [0.2, 0.25) is 10.0 Å². The number of sulfonamides is 1. The summed E-state index contributed by atoms with van der Waals surface area (Å²) >= 11 is 3.37. The maximum absolute atomic E-state index is 12.2. The van der Waals surface area contributed by atoms with Crippen molar-refractivity contribution in [2.24, 2.45) is 0 Å². The van der Waals surface area contributed by atoms with Crippen LogP contribution in [-0.2, 0) is 10.0 Å². The van der Waals surface area contributed by atoms with Crippen molar-refractivity contribution in [1.29, 1.82) is 0 Å². The van der Waals surface area contributed by atoms with Gasteiger partial charge in [-0.1, -0.05) is 15.9 Å². The van der Waals surface area contributed by atoms with Crippen LogP contribution in [0.3, 0.4) is 0 Å². The molecule has 0 aliphatic carbocycles. The van der Waals surface area contributed by atoms with Crippen LogP contribution < -0.4 is 10.0 Å². The average molecular weight is 370 g/mol. The van der Waals surface area contributed by atoms with Gasteiger partial charge >= 0.3 is 0 Å². The predicted octanol–water partition coefficient (Wildman–Crippen LogP) is 2.21. The third kappa shape index (κ3) is 4.43. The van der Waals surface area contributed by atoms with Crippen molar-refractivity contribution in [2.75, 3.05) is 13.1 Å². The van der Waals surface area contributed by atoms with Crippen LogP contribution in [-0.4, -0.2) is 27.5 Å². The van der Waals surface area contributed by atoms with Gasteiger partial charge in [0.25, 0.3) is 0 Å². The van der Waals surface area contributed by atoms with Gasteiger partial charge < -0.3 is 5.32 Å². The highest BCUT2D eigenvalue weighted by Crippen LogP contribution is 2.20. The molecule has 0 saturated carbocycles. The van der Waals surface area contributed by atoms with Crippen LogP contribution in [0.4, 0.5) is 0 Å². The Balaban J connectivity index is 0.00000180. The summed E-state index contributed by atoms with van der Waals surface area (Å²) in [5, 5.41) is 3.19. The number of rotatable bonds is 3. The fourth-order valence-electron chi connectivity index (χ4n) is 2.02. The molecular formula is C12H18BrClN2O2S. The van der Waals surface area contributed by atoms with Crippen molar-refractivity contribution >= 4 is 38.4 Å². The normalized spacial score (nSPS) is 19.8. The fraction of sp³-hybridized carbons (Fsp3) is 0.500. The van der Waals surface area contributed by atoms with E-state index in [1.54, 1.807) is 18.2 Å². The molecule has 0 radical (unpaired) electrons. The largest absolute Gasteiger partial charge is 0.315 e. The lowest BCUT2D eigenvalue weighted by Gasteiger charge is -2.23. The number of aryl methyl sites for hydroxylation is 1. The molecule has 0 spiro atoms. The van der Waals surface area contributed by atoms with E-state index < -0.39 is 10.0 Å². The van der Waals surface area contributed by atoms with Crippen LogP contribution in [0.25, 0.3) is 0 Å². The second-order valence-electron chi connectivity index (χ2n) is 4.58. The quantitative estimate of drug-likeness (QED) is 0.859. The van der Waals surface area contributed by atoms with E-state index in [4.69, 9.17) is 0 Å². The van der Waals surface area contributed by atoms with Crippen LogP contribution in [0, 0.1) is 6.92 Å². The van der Waals surface area contributed by atoms with Crippen molar-refractivity contribution in [3.05, 3.63) is 28.2 Å². The first-order chi connectivity index (χ1) is 8.49. The van der Waals surface area contributed by atoms with E-state index in [0.717, 1.165) is 29.4 Å². The molecule has 0 aromatic heterocycles. The van der Waals surface area contributed by atoms with Crippen molar-refractivity contribution in [3.8, 4) is 0 Å². The van der Waals surface area contributed by atoms with E-state index in [9.17, 15) is 8.42 Å². The number of hydrogen-bond donors (Lipinski definition) is 2. The summed E-state index contributed by atoms with van der Waals surface area (Å²) in [5.41, 5.74) is 0.916. The Morgan fingerprint density at radius 1 is 1.42 bits per heavy atom. The highest BCUT2D eigenvalue weighted by molar-refractivity contribution is 9.10. The molecule has 2 N–H and O–H groups in total. The molecule has 0 unspecified atom stereocenters. The molecule has 4 nitrogen and oxygen atoms in total. The van der Waals surface area contributed by atoms with E-state index in [2.05, 4.69) is 26.0 Å². The van der Waals surface area contributed by atoms with Crippen LogP contribution in [0.15, 0.2) is 27.6 Å². The molecule has 1 atom stereocenters. The monoisotopic (exact) mass is 368 g/mol. The SMILES string of the molecule is Cc1cc(S(=O)(=O)N[C@H]2CCCNC2)ccc1Br.Cl. The summed E-state index contributed by atoms with van der Waals surface area (Å²) in [5.74, 6) is 0. The minimum absolute atomic E-state index is 0. The maximum atomic E-state index is 12.2. The van der Waals surface area contributed by atoms with E-state index in [1.807, 2.05) is 6.92 Å². The zero-order valence-electron chi connectivity index (χ0n) is 10.6. The molecule has 2 rings (SSSR count). The Morgan fingerprint density at radius 2 is 2.16 bits per heavy atom. The number of benzene rings is 1. The number of hydrogen-bond acceptors (Lipinski definition) is 3. The van der Waals surface area contributed by atoms with Crippen LogP contribution >= 0.6 is 28.3 Å². The average Bonchev–Trinajstić information content (AvgIpc) is 2.33. The van der Waals surface area contributed by atoms with Crippen molar-refractivity contribution in [3.63, 3.8) is 0 Å². The Morgan fingerprint density at radius 3 is 2.74 bits per heavy atom. The molecule has 7 heteroatoms. The van der Waals surface area contributed by atoms with E-state index >= 15 is 0 Å². The van der Waals surface area contributed by atoms with Crippen molar-refractivity contribution in [2.45, 2.75) is 30.7 Å². The zero-order chi connectivity index (χ0) is 13.2. The van der Waals surface area contributed by atoms with Gasteiger partial charge in [0.15, 0.2) is 0 Å². The zero-order valence-corrected chi connectivity index (χ0v) is 13.9. The molecular weight excluding hydrogens is 352 g/mol. The molecule has 19 heavy (non-hydrogen) atoms. The summed E-state index contributed by atoms with van der Waals surface area (Å²) in [6, 6.07) is 5.06. The topological polar surface area (TPSA) is 58.2 Å². The lowest BCUT2D eigenvalue weighted by atomic mass is 10.1. The van der Waals surface area contributed by atoms with Gasteiger partial charge in [-0.15, -0.1) is 12.4 Å². The molecule has 1 aliphatic heterocycles. The molecule has 108 valence electrons. The minimum atomic E-state index is -3.41. The molecule has 1 fully saturated rings. The highest BCUT2D eigenvalue weighted by atomic mass is 79.9. The fourth-order valence-corrected chi connectivity index (χ4v) is 3.63. The number of halogens is 2. The summed E-state index contributed by atoms with van der Waals surface area (Å²) in [6.45, 7) is 3.55. The third-order valence-corrected chi connectivity index (χ3v) is 5.47. The second-order valence-corrected chi connectivity index (χ2v) is 7.14. The molecule has 1 saturated heterocycles. The first kappa shape index (κ1) is 16.9. The minimum Gasteiger partial charge on any atom is -0.315 e. The standard InChI is InChI=1S/C12H17BrN2O2S.ClH/c1-9-7-11(4-5-12(9)13)18(16,17)15-10-3-2-6-14-8-10;/h4-5,7,10,14-15H,2-3,6,8H2,1H3;1H/t10-;/m0./s1. The van der Waals surface area contributed by atoms with E-state index in [-0.39, 0.29) is 18.4 Å². The molecule has 0 bridgehead atoms. The Kier molecular flexibility index (Phi) is 6.26.